The molecule has 0 aliphatic heterocycles. The average Bonchev–Trinajstić information content (AvgIpc) is 3.03. The topological polar surface area (TPSA) is 122 Å². The molecule has 4 aromatic carbocycles. The Bertz CT molecular complexity index is 1580. The number of nitrogens with two attached hydrogens (primary N) is 1. The Morgan fingerprint density at radius 1 is 0.822 bits per heavy atom. The second kappa shape index (κ2) is 16.6. The van der Waals surface area contributed by atoms with Gasteiger partial charge in [-0.25, -0.2) is 9.18 Å². The largest absolute Gasteiger partial charge is 0.490 e. The van der Waals surface area contributed by atoms with Crippen molar-refractivity contribution in [3.63, 3.8) is 0 Å². The number of anilines is 1. The van der Waals surface area contributed by atoms with Crippen molar-refractivity contribution in [3.8, 4) is 11.5 Å². The predicted octanol–water partition coefficient (Wildman–Crippen LogP) is 6.34. The van der Waals surface area contributed by atoms with Gasteiger partial charge in [-0.05, 0) is 41.5 Å². The number of para-hydroxylation sites is 2. The van der Waals surface area contributed by atoms with E-state index in [1.54, 1.807) is 29.2 Å². The molecule has 4 rings (SSSR count). The van der Waals surface area contributed by atoms with E-state index in [0.29, 0.717) is 35.8 Å². The van der Waals surface area contributed by atoms with Crippen molar-refractivity contribution < 1.29 is 41.8 Å². The molecule has 0 spiro atoms. The van der Waals surface area contributed by atoms with E-state index in [9.17, 15) is 27.2 Å². The van der Waals surface area contributed by atoms with Gasteiger partial charge in [0.05, 0.1) is 12.2 Å². The van der Waals surface area contributed by atoms with Gasteiger partial charge in [0, 0.05) is 31.5 Å². The summed E-state index contributed by atoms with van der Waals surface area (Å²) in [5.74, 6) is -2.58. The molecule has 8 nitrogen and oxygen atoms in total. The zero-order valence-corrected chi connectivity index (χ0v) is 24.0. The monoisotopic (exact) mass is 625 g/mol. The van der Waals surface area contributed by atoms with Gasteiger partial charge in [0.25, 0.3) is 0 Å². The third-order valence-corrected chi connectivity index (χ3v) is 6.24. The lowest BCUT2D eigenvalue weighted by molar-refractivity contribution is -0.192. The fraction of sp³-hybridized carbons (Fsp3) is 0.182. The number of halogens is 4. The lowest BCUT2D eigenvalue weighted by atomic mass is 10.1. The van der Waals surface area contributed by atoms with Crippen LogP contribution in [0.4, 0.5) is 23.2 Å². The number of carbonyl (C=O) groups excluding carboxylic acids is 2. The van der Waals surface area contributed by atoms with Crippen LogP contribution in [-0.2, 0) is 34.0 Å². The highest BCUT2D eigenvalue weighted by atomic mass is 19.4. The van der Waals surface area contributed by atoms with Crippen molar-refractivity contribution in [2.75, 3.05) is 4.90 Å². The van der Waals surface area contributed by atoms with E-state index in [0.717, 1.165) is 11.1 Å². The van der Waals surface area contributed by atoms with E-state index < -0.39 is 12.1 Å². The van der Waals surface area contributed by atoms with Crippen molar-refractivity contribution in [1.82, 2.24) is 5.32 Å². The van der Waals surface area contributed by atoms with Crippen LogP contribution in [0.25, 0.3) is 0 Å². The lowest BCUT2D eigenvalue weighted by Crippen LogP contribution is -2.32. The maximum atomic E-state index is 13.9. The molecule has 236 valence electrons. The Morgan fingerprint density at radius 2 is 1.44 bits per heavy atom. The Hall–Kier alpha value is -5.23. The molecule has 0 saturated heterocycles. The van der Waals surface area contributed by atoms with Gasteiger partial charge in [0.15, 0.2) is 5.75 Å². The van der Waals surface area contributed by atoms with Crippen LogP contribution in [0.2, 0.25) is 0 Å². The highest BCUT2D eigenvalue weighted by molar-refractivity contribution is 5.96. The van der Waals surface area contributed by atoms with Gasteiger partial charge in [-0.15, -0.1) is 0 Å². The summed E-state index contributed by atoms with van der Waals surface area (Å²) in [6, 6.07) is 30.7. The molecule has 0 aromatic heterocycles. The first-order valence-corrected chi connectivity index (χ1v) is 13.7. The molecule has 0 aliphatic carbocycles. The molecule has 2 amide bonds. The number of carboxylic acids is 1. The van der Waals surface area contributed by atoms with E-state index in [-0.39, 0.29) is 37.0 Å². The molecule has 0 bridgehead atoms. The molecule has 12 heteroatoms. The van der Waals surface area contributed by atoms with Gasteiger partial charge in [0.1, 0.15) is 11.6 Å². The number of carboxylic acid groups (broad SMARTS) is 1. The number of nitrogens with one attached hydrogen (secondary N) is 1. The van der Waals surface area contributed by atoms with Crippen LogP contribution in [0, 0.1) is 5.82 Å². The minimum atomic E-state index is -5.08. The van der Waals surface area contributed by atoms with Crippen LogP contribution >= 0.6 is 0 Å². The summed E-state index contributed by atoms with van der Waals surface area (Å²) in [6.07, 6.45) is -5.13. The lowest BCUT2D eigenvalue weighted by Gasteiger charge is -2.25. The minimum Gasteiger partial charge on any atom is -0.475 e. The molecule has 0 radical (unpaired) electrons. The first kappa shape index (κ1) is 34.3. The third kappa shape index (κ3) is 11.1. The van der Waals surface area contributed by atoms with Crippen molar-refractivity contribution in [2.45, 2.75) is 38.7 Å². The van der Waals surface area contributed by atoms with Crippen LogP contribution in [0.15, 0.2) is 103 Å². The van der Waals surface area contributed by atoms with Crippen LogP contribution in [0.3, 0.4) is 0 Å². The normalized spacial score (nSPS) is 10.7. The highest BCUT2D eigenvalue weighted by Crippen LogP contribution is 2.34. The molecular formula is C33H31F4N3O5. The van der Waals surface area contributed by atoms with Gasteiger partial charge >= 0.3 is 12.1 Å². The fourth-order valence-electron chi connectivity index (χ4n) is 3.98. The summed E-state index contributed by atoms with van der Waals surface area (Å²) in [5.41, 5.74) is 8.62. The predicted molar refractivity (Wildman–Crippen MR) is 160 cm³/mol. The second-order valence-corrected chi connectivity index (χ2v) is 9.56. The first-order valence-electron chi connectivity index (χ1n) is 13.7. The number of carbonyl (C=O) groups is 3. The number of amides is 2. The van der Waals surface area contributed by atoms with E-state index >= 15 is 0 Å². The summed E-state index contributed by atoms with van der Waals surface area (Å²) in [6.45, 7) is 0.752. The Balaban J connectivity index is 0.000000707. The molecule has 4 N–H and O–H groups in total. The zero-order chi connectivity index (χ0) is 32.8. The quantitative estimate of drug-likeness (QED) is 0.167. The van der Waals surface area contributed by atoms with E-state index in [2.05, 4.69) is 5.32 Å². The standard InChI is InChI=1S/C31H30FN3O3.C2HF3O2/c32-27-14-5-4-12-25(27)21-34-30(36)17-18-31(37)35(22-23-9-2-1-3-10-23)28-15-6-7-16-29(28)38-26-13-8-11-24(19-26)20-33;3-2(4,5)1(6)7/h1-16,19H,17-18,20-22,33H2,(H,34,36);(H,6,7). The minimum absolute atomic E-state index is 0.0209. The number of ether oxygens (including phenoxy) is 1. The molecule has 0 heterocycles. The maximum Gasteiger partial charge on any atom is 0.490 e. The summed E-state index contributed by atoms with van der Waals surface area (Å²) in [5, 5.41) is 9.82. The molecule has 0 saturated carbocycles. The van der Waals surface area contributed by atoms with Crippen LogP contribution in [0.1, 0.15) is 29.5 Å². The van der Waals surface area contributed by atoms with Crippen molar-refractivity contribution in [2.24, 2.45) is 5.73 Å². The zero-order valence-electron chi connectivity index (χ0n) is 24.0. The third-order valence-electron chi connectivity index (χ3n) is 6.24. The molecule has 0 aliphatic rings. The van der Waals surface area contributed by atoms with Crippen LogP contribution in [-0.4, -0.2) is 29.1 Å². The van der Waals surface area contributed by atoms with Gasteiger partial charge in [-0.3, -0.25) is 9.59 Å². The number of nitrogens with zero attached hydrogens (tertiary/aromatic N) is 1. The molecule has 0 unspecified atom stereocenters. The van der Waals surface area contributed by atoms with Gasteiger partial charge in [-0.1, -0.05) is 72.8 Å². The van der Waals surface area contributed by atoms with E-state index in [1.807, 2.05) is 72.8 Å². The SMILES string of the molecule is NCc1cccc(Oc2ccccc2N(Cc2ccccc2)C(=O)CCC(=O)NCc2ccccc2F)c1.O=C(O)C(F)(F)F. The highest BCUT2D eigenvalue weighted by Gasteiger charge is 2.38. The Kier molecular flexibility index (Phi) is 12.6. The van der Waals surface area contributed by atoms with Gasteiger partial charge in [-0.2, -0.15) is 13.2 Å². The smallest absolute Gasteiger partial charge is 0.475 e. The summed E-state index contributed by atoms with van der Waals surface area (Å²) in [4.78, 5) is 36.5. The Morgan fingerprint density at radius 3 is 2.11 bits per heavy atom. The number of hydrogen-bond acceptors (Lipinski definition) is 5. The number of benzene rings is 4. The van der Waals surface area contributed by atoms with E-state index in [4.69, 9.17) is 20.4 Å². The molecular weight excluding hydrogens is 594 g/mol. The summed E-state index contributed by atoms with van der Waals surface area (Å²) >= 11 is 0. The maximum absolute atomic E-state index is 13.9. The molecule has 0 atom stereocenters. The Labute approximate surface area is 257 Å². The summed E-state index contributed by atoms with van der Waals surface area (Å²) in [7, 11) is 0. The van der Waals surface area contributed by atoms with Gasteiger partial charge in [0.2, 0.25) is 11.8 Å². The van der Waals surface area contributed by atoms with Crippen LogP contribution in [0.5, 0.6) is 11.5 Å². The van der Waals surface area contributed by atoms with Gasteiger partial charge < -0.3 is 25.8 Å². The molecule has 45 heavy (non-hydrogen) atoms. The average molecular weight is 626 g/mol. The first-order chi connectivity index (χ1) is 21.5. The number of aliphatic carboxylic acids is 1. The van der Waals surface area contributed by atoms with Crippen molar-refractivity contribution >= 4 is 23.5 Å². The number of alkyl halides is 3. The van der Waals surface area contributed by atoms with E-state index in [1.165, 1.54) is 6.07 Å². The molecule has 4 aromatic rings. The second-order valence-electron chi connectivity index (χ2n) is 9.56. The van der Waals surface area contributed by atoms with Crippen LogP contribution < -0.4 is 20.7 Å². The molecule has 0 fully saturated rings. The van der Waals surface area contributed by atoms with Crippen molar-refractivity contribution in [1.29, 1.82) is 0 Å². The summed E-state index contributed by atoms with van der Waals surface area (Å²) < 4.78 is 51.8. The number of hydrogen-bond donors (Lipinski definition) is 3. The fourth-order valence-corrected chi connectivity index (χ4v) is 3.98. The number of rotatable bonds is 11. The van der Waals surface area contributed by atoms with Crippen molar-refractivity contribution in [3.05, 3.63) is 126 Å².